The molecule has 0 bridgehead atoms. The van der Waals surface area contributed by atoms with Gasteiger partial charge in [0.2, 0.25) is 5.91 Å². The van der Waals surface area contributed by atoms with Gasteiger partial charge in [-0.15, -0.1) is 0 Å². The third-order valence-electron chi connectivity index (χ3n) is 5.34. The van der Waals surface area contributed by atoms with Crippen molar-refractivity contribution in [2.75, 3.05) is 13.2 Å². The SMILES string of the molecule is CCCCCCCCC1NC1CCCCCCCC(=O)NC[C@H](O)CO. The minimum atomic E-state index is -0.847. The molecular weight excluding hydrogens is 328 g/mol. The number of hydrogen-bond acceptors (Lipinski definition) is 4. The second-order valence-electron chi connectivity index (χ2n) is 7.88. The van der Waals surface area contributed by atoms with Crippen LogP contribution in [0.1, 0.15) is 96.8 Å². The third kappa shape index (κ3) is 12.7. The summed E-state index contributed by atoms with van der Waals surface area (Å²) in [5.41, 5.74) is 0. The molecule has 0 saturated carbocycles. The second-order valence-corrected chi connectivity index (χ2v) is 7.88. The lowest BCUT2D eigenvalue weighted by Gasteiger charge is -2.08. The summed E-state index contributed by atoms with van der Waals surface area (Å²) in [6, 6.07) is 1.56. The molecule has 5 heteroatoms. The van der Waals surface area contributed by atoms with E-state index < -0.39 is 6.10 Å². The van der Waals surface area contributed by atoms with Crippen LogP contribution in [0.3, 0.4) is 0 Å². The van der Waals surface area contributed by atoms with Crippen LogP contribution in [0.25, 0.3) is 0 Å². The Hall–Kier alpha value is -0.650. The predicted molar refractivity (Wildman–Crippen MR) is 107 cm³/mol. The largest absolute Gasteiger partial charge is 0.394 e. The van der Waals surface area contributed by atoms with Crippen molar-refractivity contribution in [2.45, 2.75) is 115 Å². The lowest BCUT2D eigenvalue weighted by molar-refractivity contribution is -0.121. The molecule has 1 aliphatic rings. The lowest BCUT2D eigenvalue weighted by Crippen LogP contribution is -2.33. The molecule has 1 saturated heterocycles. The van der Waals surface area contributed by atoms with Crippen molar-refractivity contribution in [1.29, 1.82) is 0 Å². The summed E-state index contributed by atoms with van der Waals surface area (Å²) in [5.74, 6) is -0.0304. The molecule has 0 aliphatic carbocycles. The highest BCUT2D eigenvalue weighted by Gasteiger charge is 2.33. The average Bonchev–Trinajstić information content (AvgIpc) is 3.39. The highest BCUT2D eigenvalue weighted by Crippen LogP contribution is 2.24. The first-order chi connectivity index (χ1) is 12.7. The van der Waals surface area contributed by atoms with E-state index in [0.717, 1.165) is 24.9 Å². The number of carbonyl (C=O) groups excluding carboxylic acids is 1. The topological polar surface area (TPSA) is 91.5 Å². The van der Waals surface area contributed by atoms with Crippen molar-refractivity contribution in [3.63, 3.8) is 0 Å². The van der Waals surface area contributed by atoms with Crippen LogP contribution in [-0.2, 0) is 4.79 Å². The molecule has 154 valence electrons. The smallest absolute Gasteiger partial charge is 0.220 e. The summed E-state index contributed by atoms with van der Waals surface area (Å²) >= 11 is 0. The highest BCUT2D eigenvalue weighted by atomic mass is 16.3. The predicted octanol–water partition coefficient (Wildman–Crippen LogP) is 3.28. The number of hydrogen-bond donors (Lipinski definition) is 4. The van der Waals surface area contributed by atoms with E-state index in [0.29, 0.717) is 6.42 Å². The standard InChI is InChI=1S/C21H42N2O3/c1-2-3-4-5-7-10-13-19-20(23-19)14-11-8-6-9-12-15-21(26)22-16-18(25)17-24/h18-20,23-25H,2-17H2,1H3,(H,22,26)/t18-,19?,20?/m0/s1. The molecule has 2 unspecified atom stereocenters. The minimum Gasteiger partial charge on any atom is -0.394 e. The van der Waals surface area contributed by atoms with Gasteiger partial charge in [0, 0.05) is 25.0 Å². The van der Waals surface area contributed by atoms with Gasteiger partial charge in [0.1, 0.15) is 0 Å². The summed E-state index contributed by atoms with van der Waals surface area (Å²) < 4.78 is 0. The fourth-order valence-electron chi connectivity index (χ4n) is 3.50. The van der Waals surface area contributed by atoms with Gasteiger partial charge >= 0.3 is 0 Å². The molecule has 1 fully saturated rings. The summed E-state index contributed by atoms with van der Waals surface area (Å²) in [7, 11) is 0. The van der Waals surface area contributed by atoms with Crippen LogP contribution in [0.4, 0.5) is 0 Å². The summed E-state index contributed by atoms with van der Waals surface area (Å²) in [6.45, 7) is 2.10. The molecule has 0 aromatic heterocycles. The average molecular weight is 371 g/mol. The molecule has 26 heavy (non-hydrogen) atoms. The fourth-order valence-corrected chi connectivity index (χ4v) is 3.50. The van der Waals surface area contributed by atoms with Gasteiger partial charge in [-0.25, -0.2) is 0 Å². The normalized spacial score (nSPS) is 20.1. The molecule has 5 nitrogen and oxygen atoms in total. The Morgan fingerprint density at radius 3 is 2.04 bits per heavy atom. The van der Waals surface area contributed by atoms with E-state index in [-0.39, 0.29) is 19.1 Å². The number of rotatable bonds is 18. The van der Waals surface area contributed by atoms with Crippen LogP contribution in [0.2, 0.25) is 0 Å². The molecule has 1 amide bonds. The van der Waals surface area contributed by atoms with E-state index in [1.807, 2.05) is 0 Å². The number of aliphatic hydroxyl groups excluding tert-OH is 2. The number of carbonyl (C=O) groups is 1. The molecular formula is C21H42N2O3. The Balaban J connectivity index is 1.79. The van der Waals surface area contributed by atoms with E-state index in [4.69, 9.17) is 10.2 Å². The molecule has 0 spiro atoms. The van der Waals surface area contributed by atoms with Crippen LogP contribution < -0.4 is 10.6 Å². The quantitative estimate of drug-likeness (QED) is 0.220. The monoisotopic (exact) mass is 370 g/mol. The number of nitrogens with one attached hydrogen (secondary N) is 2. The van der Waals surface area contributed by atoms with Crippen molar-refractivity contribution in [3.8, 4) is 0 Å². The van der Waals surface area contributed by atoms with Gasteiger partial charge in [0.15, 0.2) is 0 Å². The first kappa shape index (κ1) is 23.4. The molecule has 0 aromatic carbocycles. The summed E-state index contributed by atoms with van der Waals surface area (Å²) in [4.78, 5) is 11.5. The Labute approximate surface area is 160 Å². The Morgan fingerprint density at radius 2 is 1.46 bits per heavy atom. The third-order valence-corrected chi connectivity index (χ3v) is 5.34. The second kappa shape index (κ2) is 15.4. The zero-order valence-corrected chi connectivity index (χ0v) is 16.8. The van der Waals surface area contributed by atoms with Crippen molar-refractivity contribution in [3.05, 3.63) is 0 Å². The van der Waals surface area contributed by atoms with Crippen LogP contribution in [-0.4, -0.2) is 47.5 Å². The molecule has 3 atom stereocenters. The fraction of sp³-hybridized carbons (Fsp3) is 0.952. The van der Waals surface area contributed by atoms with Gasteiger partial charge in [-0.1, -0.05) is 71.1 Å². The van der Waals surface area contributed by atoms with Gasteiger partial charge < -0.3 is 20.8 Å². The van der Waals surface area contributed by atoms with Crippen molar-refractivity contribution in [2.24, 2.45) is 0 Å². The molecule has 0 radical (unpaired) electrons. The number of aliphatic hydroxyl groups is 2. The Bertz CT molecular complexity index is 352. The van der Waals surface area contributed by atoms with Crippen LogP contribution in [0, 0.1) is 0 Å². The van der Waals surface area contributed by atoms with Gasteiger partial charge in [-0.05, 0) is 19.3 Å². The van der Waals surface area contributed by atoms with Crippen molar-refractivity contribution in [1.82, 2.24) is 10.6 Å². The number of amides is 1. The van der Waals surface area contributed by atoms with E-state index in [2.05, 4.69) is 17.6 Å². The maximum Gasteiger partial charge on any atom is 0.220 e. The van der Waals surface area contributed by atoms with E-state index >= 15 is 0 Å². The number of unbranched alkanes of at least 4 members (excludes halogenated alkanes) is 9. The summed E-state index contributed by atoms with van der Waals surface area (Å²) in [6.07, 6.45) is 16.4. The van der Waals surface area contributed by atoms with E-state index in [1.165, 1.54) is 70.6 Å². The maximum atomic E-state index is 11.5. The van der Waals surface area contributed by atoms with Gasteiger partial charge in [-0.2, -0.15) is 0 Å². The minimum absolute atomic E-state index is 0.0304. The Kier molecular flexibility index (Phi) is 13.9. The highest BCUT2D eigenvalue weighted by molar-refractivity contribution is 5.75. The molecule has 0 aromatic rings. The van der Waals surface area contributed by atoms with Crippen molar-refractivity contribution >= 4 is 5.91 Å². The zero-order valence-electron chi connectivity index (χ0n) is 16.8. The van der Waals surface area contributed by atoms with Crippen molar-refractivity contribution < 1.29 is 15.0 Å². The molecule has 1 rings (SSSR count). The zero-order chi connectivity index (χ0) is 19.0. The van der Waals surface area contributed by atoms with E-state index in [1.54, 1.807) is 0 Å². The van der Waals surface area contributed by atoms with Crippen LogP contribution in [0.5, 0.6) is 0 Å². The van der Waals surface area contributed by atoms with Crippen LogP contribution in [0.15, 0.2) is 0 Å². The van der Waals surface area contributed by atoms with Gasteiger partial charge in [0.25, 0.3) is 0 Å². The van der Waals surface area contributed by atoms with Gasteiger partial charge in [-0.3, -0.25) is 4.79 Å². The molecule has 1 aliphatic heterocycles. The van der Waals surface area contributed by atoms with Crippen LogP contribution >= 0.6 is 0 Å². The summed E-state index contributed by atoms with van der Waals surface area (Å²) in [5, 5.41) is 24.1. The lowest BCUT2D eigenvalue weighted by atomic mass is 10.0. The first-order valence-electron chi connectivity index (χ1n) is 11.0. The molecule has 1 heterocycles. The molecule has 4 N–H and O–H groups in total. The van der Waals surface area contributed by atoms with Gasteiger partial charge in [0.05, 0.1) is 12.7 Å². The first-order valence-corrected chi connectivity index (χ1v) is 11.0. The van der Waals surface area contributed by atoms with E-state index in [9.17, 15) is 4.79 Å². The maximum absolute atomic E-state index is 11.5. The Morgan fingerprint density at radius 1 is 0.923 bits per heavy atom.